The molecule has 226 valence electrons. The van der Waals surface area contributed by atoms with E-state index in [2.05, 4.69) is 71.3 Å². The Morgan fingerprint density at radius 1 is 0.886 bits per heavy atom. The highest BCUT2D eigenvalue weighted by Crippen LogP contribution is 2.32. The molecule has 0 saturated carbocycles. The number of hydrogen-bond acceptors (Lipinski definition) is 6. The molecule has 0 aliphatic heterocycles. The first-order chi connectivity index (χ1) is 21.0. The third-order valence-corrected chi connectivity index (χ3v) is 9.37. The third-order valence-electron chi connectivity index (χ3n) is 7.61. The zero-order valence-corrected chi connectivity index (χ0v) is 26.1. The van der Waals surface area contributed by atoms with Crippen molar-refractivity contribution in [3.05, 3.63) is 107 Å². The number of nitrogens with one attached hydrogen (secondary N) is 2. The Morgan fingerprint density at radius 3 is 2.16 bits per heavy atom. The Labute approximate surface area is 257 Å². The number of carbonyl (C=O) groups is 2. The molecule has 0 aliphatic carbocycles. The van der Waals surface area contributed by atoms with Gasteiger partial charge in [-0.3, -0.25) is 14.6 Å². The number of sulfone groups is 1. The molecule has 5 aromatic rings. The molecule has 2 heterocycles. The highest BCUT2D eigenvalue weighted by Gasteiger charge is 2.24. The van der Waals surface area contributed by atoms with Gasteiger partial charge in [0.2, 0.25) is 5.91 Å². The lowest BCUT2D eigenvalue weighted by atomic mass is 10.1. The largest absolute Gasteiger partial charge is 0.341 e. The number of fused-ring (bicyclic) bond motifs is 1. The van der Waals surface area contributed by atoms with Crippen molar-refractivity contribution >= 4 is 38.4 Å². The molecule has 2 N–H and O–H groups in total. The van der Waals surface area contributed by atoms with Gasteiger partial charge in [-0.25, -0.2) is 13.4 Å². The van der Waals surface area contributed by atoms with Crippen LogP contribution in [0.5, 0.6) is 0 Å². The van der Waals surface area contributed by atoms with Crippen LogP contribution in [0.1, 0.15) is 55.1 Å². The minimum atomic E-state index is -3.40. The van der Waals surface area contributed by atoms with Gasteiger partial charge in [-0.1, -0.05) is 55.0 Å². The van der Waals surface area contributed by atoms with Crippen molar-refractivity contribution in [3.8, 4) is 11.5 Å². The Bertz CT molecular complexity index is 1930. The molecule has 2 amide bonds. The molecule has 3 aromatic carbocycles. The molecule has 0 saturated heterocycles. The number of nitrogens with zero attached hydrogens (tertiary/aromatic N) is 3. The van der Waals surface area contributed by atoms with Crippen LogP contribution in [-0.4, -0.2) is 40.5 Å². The molecule has 0 spiro atoms. The maximum Gasteiger partial charge on any atom is 0.251 e. The molecule has 2 atom stereocenters. The predicted molar refractivity (Wildman–Crippen MR) is 172 cm³/mol. The van der Waals surface area contributed by atoms with Crippen LogP contribution in [0.3, 0.4) is 0 Å². The summed E-state index contributed by atoms with van der Waals surface area (Å²) in [5.74, 6) is -0.224. The molecule has 9 nitrogen and oxygen atoms in total. The van der Waals surface area contributed by atoms with Crippen molar-refractivity contribution in [2.75, 3.05) is 11.1 Å². The first kappa shape index (κ1) is 30.6. The summed E-state index contributed by atoms with van der Waals surface area (Å²) in [7, 11) is -3.40. The van der Waals surface area contributed by atoms with Crippen LogP contribution in [-0.2, 0) is 19.4 Å². The van der Waals surface area contributed by atoms with E-state index >= 15 is 0 Å². The van der Waals surface area contributed by atoms with Gasteiger partial charge in [0.05, 0.1) is 39.6 Å². The standard InChI is InChI=1S/C34H35N5O4S/c1-6-44(42,43)28-15-12-26(13-16-28)32(36-24(5)40)34(41)37-27-14-18-30(35-20-27)33-38-29-17-9-22(3)19-31(29)39(33)23(4)25-10-7-21(2)8-11-25/h7-20,23,32H,6H2,1-5H3,(H,36,40)(H,37,41)/t23-,32?/m0/s1. The van der Waals surface area contributed by atoms with Crippen molar-refractivity contribution in [2.45, 2.75) is 51.6 Å². The molecule has 0 fully saturated rings. The van der Waals surface area contributed by atoms with E-state index in [9.17, 15) is 18.0 Å². The predicted octanol–water partition coefficient (Wildman–Crippen LogP) is 5.93. The van der Waals surface area contributed by atoms with Crippen molar-refractivity contribution in [1.29, 1.82) is 0 Å². The number of hydrogen-bond donors (Lipinski definition) is 2. The monoisotopic (exact) mass is 609 g/mol. The SMILES string of the molecule is CCS(=O)(=O)c1ccc(C(NC(C)=O)C(=O)Nc2ccc(-c3nc4ccc(C)cc4n3[C@@H](C)c3ccc(C)cc3)nc2)cc1. The molecular formula is C34H35N5O4S. The number of amides is 2. The van der Waals surface area contributed by atoms with E-state index in [1.54, 1.807) is 25.3 Å². The summed E-state index contributed by atoms with van der Waals surface area (Å²) in [5, 5.41) is 5.47. The summed E-state index contributed by atoms with van der Waals surface area (Å²) in [6.45, 7) is 9.14. The normalized spacial score (nSPS) is 12.9. The van der Waals surface area contributed by atoms with Crippen molar-refractivity contribution in [2.24, 2.45) is 0 Å². The fourth-order valence-electron chi connectivity index (χ4n) is 5.12. The van der Waals surface area contributed by atoms with Gasteiger partial charge in [-0.05, 0) is 73.9 Å². The van der Waals surface area contributed by atoms with Gasteiger partial charge in [0.1, 0.15) is 11.7 Å². The molecular weight excluding hydrogens is 574 g/mol. The summed E-state index contributed by atoms with van der Waals surface area (Å²) in [4.78, 5) is 35.0. The molecule has 0 aliphatic rings. The number of benzene rings is 3. The molecule has 10 heteroatoms. The first-order valence-electron chi connectivity index (χ1n) is 14.4. The second-order valence-corrected chi connectivity index (χ2v) is 13.2. The minimum absolute atomic E-state index is 0.0179. The van der Waals surface area contributed by atoms with Crippen LogP contribution >= 0.6 is 0 Å². The van der Waals surface area contributed by atoms with Gasteiger partial charge >= 0.3 is 0 Å². The third kappa shape index (κ3) is 6.40. The maximum absolute atomic E-state index is 13.3. The fraction of sp³-hybridized carbons (Fsp3) is 0.235. The van der Waals surface area contributed by atoms with Gasteiger partial charge in [0.25, 0.3) is 5.91 Å². The van der Waals surface area contributed by atoms with Gasteiger partial charge in [0.15, 0.2) is 15.7 Å². The number of carbonyl (C=O) groups excluding carboxylic acids is 2. The Balaban J connectivity index is 1.44. The zero-order chi connectivity index (χ0) is 31.6. The van der Waals surface area contributed by atoms with Crippen LogP contribution in [0.15, 0.2) is 90.0 Å². The Kier molecular flexibility index (Phi) is 8.64. The van der Waals surface area contributed by atoms with E-state index in [-0.39, 0.29) is 16.7 Å². The summed E-state index contributed by atoms with van der Waals surface area (Å²) in [5.41, 5.74) is 6.85. The summed E-state index contributed by atoms with van der Waals surface area (Å²) >= 11 is 0. The number of rotatable bonds is 9. The van der Waals surface area contributed by atoms with E-state index in [0.717, 1.165) is 22.2 Å². The lowest BCUT2D eigenvalue weighted by Gasteiger charge is -2.19. The molecule has 1 unspecified atom stereocenters. The molecule has 0 radical (unpaired) electrons. The van der Waals surface area contributed by atoms with E-state index in [4.69, 9.17) is 4.98 Å². The molecule has 2 aromatic heterocycles. The highest BCUT2D eigenvalue weighted by molar-refractivity contribution is 7.91. The number of imidazole rings is 1. The average molecular weight is 610 g/mol. The fourth-order valence-corrected chi connectivity index (χ4v) is 6.01. The van der Waals surface area contributed by atoms with Gasteiger partial charge in [0, 0.05) is 6.92 Å². The zero-order valence-electron chi connectivity index (χ0n) is 25.3. The van der Waals surface area contributed by atoms with E-state index < -0.39 is 27.7 Å². The first-order valence-corrected chi connectivity index (χ1v) is 16.0. The quantitative estimate of drug-likeness (QED) is 0.213. The number of pyridine rings is 1. The lowest BCUT2D eigenvalue weighted by Crippen LogP contribution is -2.35. The van der Waals surface area contributed by atoms with Crippen molar-refractivity contribution in [1.82, 2.24) is 19.9 Å². The van der Waals surface area contributed by atoms with Crippen LogP contribution in [0, 0.1) is 13.8 Å². The number of aryl methyl sites for hydroxylation is 2. The van der Waals surface area contributed by atoms with Crippen molar-refractivity contribution < 1.29 is 18.0 Å². The van der Waals surface area contributed by atoms with E-state index in [1.165, 1.54) is 36.8 Å². The maximum atomic E-state index is 13.3. The highest BCUT2D eigenvalue weighted by atomic mass is 32.2. The average Bonchev–Trinajstić information content (AvgIpc) is 3.38. The van der Waals surface area contributed by atoms with Gasteiger partial charge in [-0.15, -0.1) is 0 Å². The Morgan fingerprint density at radius 2 is 1.55 bits per heavy atom. The van der Waals surface area contributed by atoms with E-state index in [1.807, 2.05) is 12.1 Å². The minimum Gasteiger partial charge on any atom is -0.341 e. The number of anilines is 1. The lowest BCUT2D eigenvalue weighted by molar-refractivity contribution is -0.125. The van der Waals surface area contributed by atoms with Crippen LogP contribution in [0.25, 0.3) is 22.6 Å². The van der Waals surface area contributed by atoms with Crippen molar-refractivity contribution in [3.63, 3.8) is 0 Å². The summed E-state index contributed by atoms with van der Waals surface area (Å²) in [6, 6.07) is 23.1. The van der Waals surface area contributed by atoms with Crippen LogP contribution < -0.4 is 10.6 Å². The molecule has 0 bridgehead atoms. The van der Waals surface area contributed by atoms with Crippen LogP contribution in [0.2, 0.25) is 0 Å². The smallest absolute Gasteiger partial charge is 0.251 e. The van der Waals surface area contributed by atoms with Gasteiger partial charge in [-0.2, -0.15) is 0 Å². The van der Waals surface area contributed by atoms with Crippen LogP contribution in [0.4, 0.5) is 5.69 Å². The molecule has 44 heavy (non-hydrogen) atoms. The topological polar surface area (TPSA) is 123 Å². The Hall–Kier alpha value is -4.83. The molecule has 5 rings (SSSR count). The number of aromatic nitrogens is 3. The second-order valence-electron chi connectivity index (χ2n) is 10.9. The van der Waals surface area contributed by atoms with E-state index in [0.29, 0.717) is 22.8 Å². The summed E-state index contributed by atoms with van der Waals surface area (Å²) < 4.78 is 26.6. The second kappa shape index (κ2) is 12.4. The van der Waals surface area contributed by atoms with Gasteiger partial charge < -0.3 is 15.2 Å². The summed E-state index contributed by atoms with van der Waals surface area (Å²) in [6.07, 6.45) is 1.56.